The minimum atomic E-state index is -0.763. The molecule has 1 aliphatic heterocycles. The number of anilines is 1. The largest absolute Gasteiger partial charge is 0.491 e. The van der Waals surface area contributed by atoms with Gasteiger partial charge >= 0.3 is 0 Å². The summed E-state index contributed by atoms with van der Waals surface area (Å²) in [4.78, 5) is 28.5. The number of amides is 1. The lowest BCUT2D eigenvalue weighted by Gasteiger charge is -2.23. The minimum Gasteiger partial charge on any atom is -0.491 e. The van der Waals surface area contributed by atoms with Gasteiger partial charge in [-0.05, 0) is 51.1 Å². The van der Waals surface area contributed by atoms with Crippen molar-refractivity contribution in [3.63, 3.8) is 0 Å². The van der Waals surface area contributed by atoms with E-state index in [1.165, 1.54) is 7.11 Å². The fourth-order valence-electron chi connectivity index (χ4n) is 3.70. The second-order valence-electron chi connectivity index (χ2n) is 8.03. The van der Waals surface area contributed by atoms with Gasteiger partial charge in [0.25, 0.3) is 11.8 Å². The first-order chi connectivity index (χ1) is 15.3. The number of carbonyl (C=O) groups is 1. The normalized spacial score (nSPS) is 15.3. The Morgan fingerprint density at radius 2 is 1.91 bits per heavy atom. The fraction of sp³-hybridized carbons (Fsp3) is 0.292. The van der Waals surface area contributed by atoms with E-state index in [1.54, 1.807) is 62.4 Å². The summed E-state index contributed by atoms with van der Waals surface area (Å²) in [5, 5.41) is 9.46. The van der Waals surface area contributed by atoms with Crippen molar-refractivity contribution in [3.05, 3.63) is 59.5 Å². The second kappa shape index (κ2) is 7.93. The number of nitrogens with zero attached hydrogens (tertiary/aromatic N) is 5. The number of methoxy groups -OCH3 is 2. The lowest BCUT2D eigenvalue weighted by molar-refractivity contribution is 0.0991. The summed E-state index contributed by atoms with van der Waals surface area (Å²) in [5.74, 6) is 1.21. The third-order valence-electron chi connectivity index (χ3n) is 5.59. The molecule has 1 amide bonds. The molecule has 0 saturated heterocycles. The number of aromatic nitrogens is 3. The van der Waals surface area contributed by atoms with Crippen LogP contribution in [0.1, 0.15) is 48.6 Å². The Labute approximate surface area is 186 Å². The molecule has 0 spiro atoms. The van der Waals surface area contributed by atoms with Gasteiger partial charge in [-0.25, -0.2) is 15.0 Å². The molecule has 3 aromatic rings. The number of hydrogen-bond acceptors (Lipinski definition) is 7. The maximum absolute atomic E-state index is 13.2. The first-order valence-electron chi connectivity index (χ1n) is 10.1. The van der Waals surface area contributed by atoms with Crippen LogP contribution < -0.4 is 14.4 Å². The van der Waals surface area contributed by atoms with Crippen LogP contribution in [0.25, 0.3) is 11.3 Å². The molecule has 0 radical (unpaired) electrons. The molecule has 3 aromatic heterocycles. The number of rotatable bonds is 5. The van der Waals surface area contributed by atoms with Crippen molar-refractivity contribution >= 4 is 11.7 Å². The summed E-state index contributed by atoms with van der Waals surface area (Å²) in [6.45, 7) is 5.51. The molecule has 4 rings (SSSR count). The number of hydrogen-bond donors (Lipinski definition) is 0. The molecule has 1 unspecified atom stereocenters. The van der Waals surface area contributed by atoms with Crippen molar-refractivity contribution in [1.82, 2.24) is 15.0 Å². The first kappa shape index (κ1) is 21.2. The molecule has 0 bridgehead atoms. The van der Waals surface area contributed by atoms with Crippen LogP contribution in [0.3, 0.4) is 0 Å². The monoisotopic (exact) mass is 429 g/mol. The van der Waals surface area contributed by atoms with Crippen LogP contribution in [0, 0.1) is 11.3 Å². The average Bonchev–Trinajstić information content (AvgIpc) is 3.07. The van der Waals surface area contributed by atoms with E-state index in [-0.39, 0.29) is 11.9 Å². The zero-order valence-electron chi connectivity index (χ0n) is 18.6. The number of fused-ring (bicyclic) bond motifs is 1. The maximum Gasteiger partial charge on any atom is 0.261 e. The van der Waals surface area contributed by atoms with Gasteiger partial charge in [0, 0.05) is 11.8 Å². The average molecular weight is 429 g/mol. The number of carbonyl (C=O) groups excluding carboxylic acids is 1. The van der Waals surface area contributed by atoms with E-state index in [4.69, 9.17) is 14.5 Å². The van der Waals surface area contributed by atoms with Gasteiger partial charge in [0.2, 0.25) is 0 Å². The van der Waals surface area contributed by atoms with Gasteiger partial charge in [-0.1, -0.05) is 6.07 Å². The highest BCUT2D eigenvalue weighted by Gasteiger charge is 2.38. The van der Waals surface area contributed by atoms with E-state index in [0.29, 0.717) is 40.1 Å². The Morgan fingerprint density at radius 3 is 2.59 bits per heavy atom. The molecule has 0 fully saturated rings. The van der Waals surface area contributed by atoms with Crippen molar-refractivity contribution in [2.45, 2.75) is 32.2 Å². The lowest BCUT2D eigenvalue weighted by atomic mass is 9.91. The molecule has 0 saturated carbocycles. The highest BCUT2D eigenvalue weighted by Crippen LogP contribution is 2.38. The second-order valence-corrected chi connectivity index (χ2v) is 8.03. The van der Waals surface area contributed by atoms with Crippen molar-refractivity contribution in [1.29, 1.82) is 5.26 Å². The van der Waals surface area contributed by atoms with E-state index in [0.717, 1.165) is 5.56 Å². The summed E-state index contributed by atoms with van der Waals surface area (Å²) in [5.41, 5.74) is 2.46. The van der Waals surface area contributed by atoms with Crippen LogP contribution in [0.4, 0.5) is 5.82 Å². The number of ether oxygens (including phenoxy) is 2. The minimum absolute atomic E-state index is 0.170. The molecule has 1 atom stereocenters. The summed E-state index contributed by atoms with van der Waals surface area (Å²) in [6, 6.07) is 12.7. The molecular weight excluding hydrogens is 406 g/mol. The first-order valence-corrected chi connectivity index (χ1v) is 10.1. The van der Waals surface area contributed by atoms with Crippen LogP contribution >= 0.6 is 0 Å². The van der Waals surface area contributed by atoms with E-state index in [2.05, 4.69) is 16.0 Å². The van der Waals surface area contributed by atoms with Gasteiger partial charge in [-0.3, -0.25) is 9.69 Å². The predicted octanol–water partition coefficient (Wildman–Crippen LogP) is 4.08. The van der Waals surface area contributed by atoms with Gasteiger partial charge in [0.05, 0.1) is 54.4 Å². The highest BCUT2D eigenvalue weighted by molar-refractivity contribution is 6.10. The smallest absolute Gasteiger partial charge is 0.261 e. The van der Waals surface area contributed by atoms with Crippen molar-refractivity contribution < 1.29 is 14.3 Å². The van der Waals surface area contributed by atoms with Gasteiger partial charge < -0.3 is 9.47 Å². The molecular formula is C24H23N5O3. The Bertz CT molecular complexity index is 1250. The standard InChI is InChI=1S/C24H23N5O3/c1-14-21-16(9-10-17(27-21)15-11-18(31-4)22(32-5)26-12-15)23(30)29(14)20-8-6-7-19(28-20)24(2,3)13-25/h6-12,14H,1-5H3. The van der Waals surface area contributed by atoms with Gasteiger partial charge in [0.15, 0.2) is 5.75 Å². The lowest BCUT2D eigenvalue weighted by Crippen LogP contribution is -2.28. The molecule has 8 nitrogen and oxygen atoms in total. The Hall–Kier alpha value is -3.99. The topological polar surface area (TPSA) is 101 Å². The van der Waals surface area contributed by atoms with Crippen LogP contribution in [-0.4, -0.2) is 35.1 Å². The van der Waals surface area contributed by atoms with E-state index in [1.807, 2.05) is 13.0 Å². The van der Waals surface area contributed by atoms with Crippen molar-refractivity contribution in [2.24, 2.45) is 0 Å². The van der Waals surface area contributed by atoms with Crippen LogP contribution in [0.15, 0.2) is 42.6 Å². The number of pyridine rings is 3. The van der Waals surface area contributed by atoms with Gasteiger partial charge in [-0.15, -0.1) is 0 Å². The Balaban J connectivity index is 1.72. The molecule has 32 heavy (non-hydrogen) atoms. The number of nitriles is 1. The molecule has 0 aliphatic carbocycles. The SMILES string of the molecule is COc1cc(-c2ccc3c(n2)C(C)N(c2cccc(C(C)(C)C#N)n2)C3=O)cnc1OC. The van der Waals surface area contributed by atoms with E-state index < -0.39 is 5.41 Å². The van der Waals surface area contributed by atoms with Gasteiger partial charge in [-0.2, -0.15) is 5.26 Å². The summed E-state index contributed by atoms with van der Waals surface area (Å²) >= 11 is 0. The third kappa shape index (κ3) is 3.42. The molecule has 0 N–H and O–H groups in total. The molecule has 1 aliphatic rings. The molecule has 162 valence electrons. The Morgan fingerprint density at radius 1 is 1.12 bits per heavy atom. The zero-order chi connectivity index (χ0) is 23.0. The van der Waals surface area contributed by atoms with E-state index in [9.17, 15) is 10.1 Å². The highest BCUT2D eigenvalue weighted by atomic mass is 16.5. The van der Waals surface area contributed by atoms with Crippen molar-refractivity contribution in [3.8, 4) is 29.0 Å². The molecule has 0 aromatic carbocycles. The summed E-state index contributed by atoms with van der Waals surface area (Å²) in [7, 11) is 3.08. The third-order valence-corrected chi connectivity index (χ3v) is 5.59. The summed E-state index contributed by atoms with van der Waals surface area (Å²) < 4.78 is 10.5. The van der Waals surface area contributed by atoms with Crippen molar-refractivity contribution in [2.75, 3.05) is 19.1 Å². The predicted molar refractivity (Wildman–Crippen MR) is 119 cm³/mol. The van der Waals surface area contributed by atoms with Crippen LogP contribution in [0.5, 0.6) is 11.6 Å². The fourth-order valence-corrected chi connectivity index (χ4v) is 3.70. The van der Waals surface area contributed by atoms with Gasteiger partial charge in [0.1, 0.15) is 5.82 Å². The maximum atomic E-state index is 13.2. The molecule has 8 heteroatoms. The zero-order valence-corrected chi connectivity index (χ0v) is 18.6. The van der Waals surface area contributed by atoms with Crippen LogP contribution in [-0.2, 0) is 5.41 Å². The van der Waals surface area contributed by atoms with E-state index >= 15 is 0 Å². The van der Waals surface area contributed by atoms with Crippen LogP contribution in [0.2, 0.25) is 0 Å². The Kier molecular flexibility index (Phi) is 5.26. The quantitative estimate of drug-likeness (QED) is 0.602. The molecule has 4 heterocycles. The summed E-state index contributed by atoms with van der Waals surface area (Å²) in [6.07, 6.45) is 1.66.